The molecule has 1 aliphatic heterocycles. The number of amides is 1. The third-order valence-electron chi connectivity index (χ3n) is 4.57. The van der Waals surface area contributed by atoms with Gasteiger partial charge in [-0.15, -0.1) is 0 Å². The summed E-state index contributed by atoms with van der Waals surface area (Å²) in [4.78, 5) is 14.4. The summed E-state index contributed by atoms with van der Waals surface area (Å²) in [5, 5.41) is 7.34. The third-order valence-corrected chi connectivity index (χ3v) is 5.39. The molecule has 2 fully saturated rings. The minimum Gasteiger partial charge on any atom is -0.324 e. The van der Waals surface area contributed by atoms with Crippen LogP contribution in [0.25, 0.3) is 0 Å². The molecule has 0 aromatic heterocycles. The highest BCUT2D eigenvalue weighted by Gasteiger charge is 2.25. The molecule has 3 rings (SSSR count). The number of anilines is 1. The maximum atomic E-state index is 12.2. The highest BCUT2D eigenvalue weighted by molar-refractivity contribution is 6.43. The smallest absolute Gasteiger partial charge is 0.238 e. The number of hydrogen-bond donors (Lipinski definition) is 2. The maximum Gasteiger partial charge on any atom is 0.238 e. The molecule has 1 aromatic rings. The number of nitrogens with one attached hydrogen (secondary N) is 2. The second kappa shape index (κ2) is 7.84. The summed E-state index contributed by atoms with van der Waals surface area (Å²) >= 11 is 12.1. The Balaban J connectivity index is 1.41. The Morgan fingerprint density at radius 3 is 2.61 bits per heavy atom. The first-order valence-electron chi connectivity index (χ1n) is 8.31. The van der Waals surface area contributed by atoms with E-state index >= 15 is 0 Å². The predicted octanol–water partition coefficient (Wildman–Crippen LogP) is 3.40. The number of carbonyl (C=O) groups is 1. The van der Waals surface area contributed by atoms with Crippen molar-refractivity contribution >= 4 is 34.8 Å². The van der Waals surface area contributed by atoms with Crippen LogP contribution in [0.1, 0.15) is 25.7 Å². The van der Waals surface area contributed by atoms with Crippen molar-refractivity contribution < 1.29 is 4.79 Å². The molecule has 0 atom stereocenters. The molecule has 1 amide bonds. The zero-order valence-electron chi connectivity index (χ0n) is 13.2. The lowest BCUT2D eigenvalue weighted by Gasteiger charge is -2.32. The number of hydrogen-bond acceptors (Lipinski definition) is 3. The average Bonchev–Trinajstić information content (AvgIpc) is 3.35. The second-order valence-corrected chi connectivity index (χ2v) is 7.34. The fraction of sp³-hybridized carbons (Fsp3) is 0.588. The normalized spacial score (nSPS) is 19.7. The average molecular weight is 356 g/mol. The monoisotopic (exact) mass is 355 g/mol. The maximum absolute atomic E-state index is 12.2. The van der Waals surface area contributed by atoms with Gasteiger partial charge in [0.05, 0.1) is 22.3 Å². The first-order valence-corrected chi connectivity index (χ1v) is 9.07. The molecule has 1 saturated carbocycles. The van der Waals surface area contributed by atoms with Crippen molar-refractivity contribution in [2.75, 3.05) is 31.5 Å². The van der Waals surface area contributed by atoms with E-state index in [1.807, 2.05) is 0 Å². The Kier molecular flexibility index (Phi) is 5.81. The van der Waals surface area contributed by atoms with E-state index in [9.17, 15) is 4.79 Å². The second-order valence-electron chi connectivity index (χ2n) is 6.55. The van der Waals surface area contributed by atoms with Gasteiger partial charge in [-0.2, -0.15) is 0 Å². The van der Waals surface area contributed by atoms with Gasteiger partial charge in [0.2, 0.25) is 5.91 Å². The van der Waals surface area contributed by atoms with Crippen LogP contribution in [0, 0.1) is 5.92 Å². The molecule has 0 bridgehead atoms. The largest absolute Gasteiger partial charge is 0.324 e. The van der Waals surface area contributed by atoms with Gasteiger partial charge in [-0.25, -0.2) is 0 Å². The molecule has 1 aliphatic carbocycles. The Bertz CT molecular complexity index is 555. The molecule has 126 valence electrons. The van der Waals surface area contributed by atoms with Gasteiger partial charge in [0.15, 0.2) is 0 Å². The molecule has 23 heavy (non-hydrogen) atoms. The van der Waals surface area contributed by atoms with Crippen LogP contribution in [0.3, 0.4) is 0 Å². The van der Waals surface area contributed by atoms with Crippen molar-refractivity contribution in [3.05, 3.63) is 28.2 Å². The summed E-state index contributed by atoms with van der Waals surface area (Å²) in [5.41, 5.74) is 0.574. The summed E-state index contributed by atoms with van der Waals surface area (Å²) in [5.74, 6) is 0.875. The summed E-state index contributed by atoms with van der Waals surface area (Å²) in [7, 11) is 0. The van der Waals surface area contributed by atoms with Gasteiger partial charge >= 0.3 is 0 Å². The van der Waals surface area contributed by atoms with E-state index in [4.69, 9.17) is 23.2 Å². The molecule has 2 N–H and O–H groups in total. The first kappa shape index (κ1) is 17.0. The number of benzene rings is 1. The number of piperidine rings is 1. The van der Waals surface area contributed by atoms with Gasteiger partial charge in [0.1, 0.15) is 0 Å². The molecule has 1 heterocycles. The van der Waals surface area contributed by atoms with Crippen molar-refractivity contribution in [2.45, 2.75) is 31.7 Å². The predicted molar refractivity (Wildman–Crippen MR) is 95.3 cm³/mol. The zero-order valence-corrected chi connectivity index (χ0v) is 14.7. The Labute approximate surface area is 147 Å². The van der Waals surface area contributed by atoms with Crippen molar-refractivity contribution in [1.29, 1.82) is 0 Å². The van der Waals surface area contributed by atoms with Gasteiger partial charge in [-0.05, 0) is 50.3 Å². The van der Waals surface area contributed by atoms with E-state index in [1.54, 1.807) is 18.2 Å². The third kappa shape index (κ3) is 5.08. The van der Waals surface area contributed by atoms with Crippen LogP contribution in [-0.4, -0.2) is 43.0 Å². The van der Waals surface area contributed by atoms with Gasteiger partial charge < -0.3 is 10.6 Å². The Hall–Kier alpha value is -0.810. The molecule has 4 nitrogen and oxygen atoms in total. The molecule has 0 spiro atoms. The van der Waals surface area contributed by atoms with E-state index in [-0.39, 0.29) is 5.91 Å². The standard InChI is InChI=1S/C17H23Cl2N3O/c18-14-2-1-3-15(17(14)19)21-16(23)11-22-8-6-13(7-9-22)20-10-12-4-5-12/h1-3,12-13,20H,4-11H2,(H,21,23). The van der Waals surface area contributed by atoms with Crippen LogP contribution in [0.15, 0.2) is 18.2 Å². The highest BCUT2D eigenvalue weighted by atomic mass is 35.5. The van der Waals surface area contributed by atoms with Crippen LogP contribution in [-0.2, 0) is 4.79 Å². The first-order chi connectivity index (χ1) is 11.1. The van der Waals surface area contributed by atoms with E-state index in [0.29, 0.717) is 28.3 Å². The van der Waals surface area contributed by atoms with Crippen molar-refractivity contribution in [3.8, 4) is 0 Å². The SMILES string of the molecule is O=C(CN1CCC(NCC2CC2)CC1)Nc1cccc(Cl)c1Cl. The molecule has 0 unspecified atom stereocenters. The molecule has 0 radical (unpaired) electrons. The van der Waals surface area contributed by atoms with Gasteiger partial charge in [-0.1, -0.05) is 29.3 Å². The fourth-order valence-corrected chi connectivity index (χ4v) is 3.29. The summed E-state index contributed by atoms with van der Waals surface area (Å²) in [6.07, 6.45) is 4.99. The lowest BCUT2D eigenvalue weighted by atomic mass is 10.0. The number of likely N-dealkylation sites (tertiary alicyclic amines) is 1. The van der Waals surface area contributed by atoms with Crippen LogP contribution in [0.2, 0.25) is 10.0 Å². The number of rotatable bonds is 6. The van der Waals surface area contributed by atoms with Crippen molar-refractivity contribution in [3.63, 3.8) is 0 Å². The molecule has 1 aromatic carbocycles. The lowest BCUT2D eigenvalue weighted by Crippen LogP contribution is -2.45. The number of halogens is 2. The summed E-state index contributed by atoms with van der Waals surface area (Å²) in [6.45, 7) is 3.48. The van der Waals surface area contributed by atoms with Crippen LogP contribution < -0.4 is 10.6 Å². The van der Waals surface area contributed by atoms with Gasteiger partial charge in [-0.3, -0.25) is 9.69 Å². The molecule has 1 saturated heterocycles. The molecule has 6 heteroatoms. The molecular formula is C17H23Cl2N3O. The van der Waals surface area contributed by atoms with Crippen molar-refractivity contribution in [2.24, 2.45) is 5.92 Å². The fourth-order valence-electron chi connectivity index (χ4n) is 2.94. The topological polar surface area (TPSA) is 44.4 Å². The minimum absolute atomic E-state index is 0.0430. The quantitative estimate of drug-likeness (QED) is 0.821. The zero-order chi connectivity index (χ0) is 16.2. The van der Waals surface area contributed by atoms with E-state index in [2.05, 4.69) is 15.5 Å². The van der Waals surface area contributed by atoms with Gasteiger partial charge in [0, 0.05) is 19.1 Å². The van der Waals surface area contributed by atoms with Crippen LogP contribution in [0.5, 0.6) is 0 Å². The summed E-state index contributed by atoms with van der Waals surface area (Å²) < 4.78 is 0. The van der Waals surface area contributed by atoms with Gasteiger partial charge in [0.25, 0.3) is 0 Å². The molecular weight excluding hydrogens is 333 g/mol. The van der Waals surface area contributed by atoms with E-state index < -0.39 is 0 Å². The summed E-state index contributed by atoms with van der Waals surface area (Å²) in [6, 6.07) is 5.86. The van der Waals surface area contributed by atoms with Crippen LogP contribution in [0.4, 0.5) is 5.69 Å². The Morgan fingerprint density at radius 2 is 1.91 bits per heavy atom. The number of nitrogens with zero attached hydrogens (tertiary/aromatic N) is 1. The van der Waals surface area contributed by atoms with Crippen molar-refractivity contribution in [1.82, 2.24) is 10.2 Å². The van der Waals surface area contributed by atoms with E-state index in [0.717, 1.165) is 31.8 Å². The van der Waals surface area contributed by atoms with Crippen LogP contribution >= 0.6 is 23.2 Å². The number of carbonyl (C=O) groups excluding carboxylic acids is 1. The highest BCUT2D eigenvalue weighted by Crippen LogP contribution is 2.29. The minimum atomic E-state index is -0.0430. The molecule has 2 aliphatic rings. The Morgan fingerprint density at radius 1 is 1.17 bits per heavy atom. The lowest BCUT2D eigenvalue weighted by molar-refractivity contribution is -0.117. The van der Waals surface area contributed by atoms with E-state index in [1.165, 1.54) is 19.4 Å².